The Labute approximate surface area is 146 Å². The molecule has 2 N–H and O–H groups in total. The molecule has 130 valence electrons. The molecule has 6 heteroatoms. The maximum Gasteiger partial charge on any atom is 0.321 e. The van der Waals surface area contributed by atoms with E-state index in [0.29, 0.717) is 19.5 Å². The van der Waals surface area contributed by atoms with Gasteiger partial charge in [0.05, 0.1) is 5.41 Å². The van der Waals surface area contributed by atoms with Crippen molar-refractivity contribution >= 4 is 29.4 Å². The zero-order chi connectivity index (χ0) is 17.2. The first kappa shape index (κ1) is 17.1. The molecule has 2 atom stereocenters. The number of hydrogen-bond acceptors (Lipinski definition) is 3. The van der Waals surface area contributed by atoms with Gasteiger partial charge in [0.15, 0.2) is 0 Å². The minimum absolute atomic E-state index is 0.0923. The van der Waals surface area contributed by atoms with Gasteiger partial charge in [-0.05, 0) is 54.9 Å². The summed E-state index contributed by atoms with van der Waals surface area (Å²) in [5, 5.41) is 12.5. The third kappa shape index (κ3) is 3.24. The van der Waals surface area contributed by atoms with Gasteiger partial charge >= 0.3 is 12.0 Å². The number of nitrogens with zero attached hydrogens (tertiary/aromatic N) is 1. The van der Waals surface area contributed by atoms with Gasteiger partial charge in [-0.3, -0.25) is 4.79 Å². The van der Waals surface area contributed by atoms with Gasteiger partial charge < -0.3 is 15.3 Å². The lowest BCUT2D eigenvalue weighted by atomic mass is 9.81. The maximum absolute atomic E-state index is 12.5. The van der Waals surface area contributed by atoms with Crippen molar-refractivity contribution in [2.45, 2.75) is 25.7 Å². The lowest BCUT2D eigenvalue weighted by molar-refractivity contribution is -0.149. The number of carbonyl (C=O) groups excluding carboxylic acids is 1. The third-order valence-corrected chi connectivity index (χ3v) is 6.00. The van der Waals surface area contributed by atoms with E-state index in [0.717, 1.165) is 30.7 Å². The van der Waals surface area contributed by atoms with E-state index in [2.05, 4.69) is 11.6 Å². The lowest BCUT2D eigenvalue weighted by Gasteiger charge is -2.23. The van der Waals surface area contributed by atoms with E-state index in [4.69, 9.17) is 0 Å². The first-order valence-electron chi connectivity index (χ1n) is 8.42. The summed E-state index contributed by atoms with van der Waals surface area (Å²) >= 11 is 1.81. The van der Waals surface area contributed by atoms with Crippen LogP contribution in [0.5, 0.6) is 0 Å². The molecule has 0 radical (unpaired) electrons. The number of carbonyl (C=O) groups is 2. The molecule has 0 aromatic heterocycles. The highest BCUT2D eigenvalue weighted by atomic mass is 32.2. The van der Waals surface area contributed by atoms with Crippen molar-refractivity contribution in [2.24, 2.45) is 11.3 Å². The van der Waals surface area contributed by atoms with Crippen LogP contribution in [0.4, 0.5) is 10.5 Å². The second-order valence-electron chi connectivity index (χ2n) is 6.80. The molecule has 0 bridgehead atoms. The van der Waals surface area contributed by atoms with Gasteiger partial charge in [-0.25, -0.2) is 4.79 Å². The van der Waals surface area contributed by atoms with Gasteiger partial charge in [0, 0.05) is 18.8 Å². The number of rotatable bonds is 5. The Morgan fingerprint density at radius 1 is 1.38 bits per heavy atom. The molecular weight excluding hydrogens is 324 g/mol. The number of hydrogen-bond donors (Lipinski definition) is 2. The van der Waals surface area contributed by atoms with Gasteiger partial charge in [0.25, 0.3) is 0 Å². The van der Waals surface area contributed by atoms with Gasteiger partial charge in [-0.15, -0.1) is 0 Å². The van der Waals surface area contributed by atoms with Crippen LogP contribution in [0.25, 0.3) is 0 Å². The predicted octanol–water partition coefficient (Wildman–Crippen LogP) is 3.31. The largest absolute Gasteiger partial charge is 0.481 e. The van der Waals surface area contributed by atoms with Crippen molar-refractivity contribution < 1.29 is 14.7 Å². The molecule has 1 heterocycles. The quantitative estimate of drug-likeness (QED) is 0.856. The summed E-state index contributed by atoms with van der Waals surface area (Å²) in [6, 6.07) is 7.70. The highest BCUT2D eigenvalue weighted by Gasteiger charge is 2.55. The van der Waals surface area contributed by atoms with Gasteiger partial charge in [-0.2, -0.15) is 11.8 Å². The normalized spacial score (nSPS) is 25.5. The molecule has 2 fully saturated rings. The standard InChI is InChI=1S/C18H24N2O3S/c1-24-10-8-13-4-6-15(7-5-13)19-17(23)20-11-14-3-2-9-18(14,12-20)16(21)22/h4-7,14H,2-3,8-12H2,1H3,(H,19,23)(H,21,22)/t14-,18+/m0/s1. The van der Waals surface area contributed by atoms with E-state index in [1.54, 1.807) is 4.90 Å². The Bertz CT molecular complexity index is 619. The van der Waals surface area contributed by atoms with Crippen LogP contribution in [0, 0.1) is 11.3 Å². The van der Waals surface area contributed by atoms with Gasteiger partial charge in [0.1, 0.15) is 0 Å². The molecule has 1 aromatic rings. The number of nitrogens with one attached hydrogen (secondary N) is 1. The molecule has 1 saturated heterocycles. The number of benzene rings is 1. The van der Waals surface area contributed by atoms with Crippen LogP contribution in [0.15, 0.2) is 24.3 Å². The number of thioether (sulfide) groups is 1. The van der Waals surface area contributed by atoms with Crippen LogP contribution in [0.3, 0.4) is 0 Å². The molecule has 3 rings (SSSR count). The van der Waals surface area contributed by atoms with E-state index >= 15 is 0 Å². The van der Waals surface area contributed by atoms with E-state index in [-0.39, 0.29) is 11.9 Å². The van der Waals surface area contributed by atoms with E-state index < -0.39 is 11.4 Å². The second kappa shape index (κ2) is 7.05. The summed E-state index contributed by atoms with van der Waals surface area (Å²) in [5.41, 5.74) is 1.29. The topological polar surface area (TPSA) is 69.6 Å². The smallest absolute Gasteiger partial charge is 0.321 e. The number of aliphatic carboxylic acids is 1. The number of aryl methyl sites for hydroxylation is 1. The van der Waals surface area contributed by atoms with Crippen molar-refractivity contribution in [3.05, 3.63) is 29.8 Å². The number of fused-ring (bicyclic) bond motifs is 1. The Hall–Kier alpha value is -1.69. The van der Waals surface area contributed by atoms with Crippen molar-refractivity contribution in [3.63, 3.8) is 0 Å². The summed E-state index contributed by atoms with van der Waals surface area (Å²) < 4.78 is 0. The summed E-state index contributed by atoms with van der Waals surface area (Å²) in [6.07, 6.45) is 5.64. The monoisotopic (exact) mass is 348 g/mol. The van der Waals surface area contributed by atoms with Crippen LogP contribution in [-0.4, -0.2) is 47.1 Å². The average Bonchev–Trinajstić information content (AvgIpc) is 3.12. The van der Waals surface area contributed by atoms with Gasteiger partial charge in [0.2, 0.25) is 0 Å². The van der Waals surface area contributed by atoms with Crippen molar-refractivity contribution in [2.75, 3.05) is 30.4 Å². The number of amides is 2. The van der Waals surface area contributed by atoms with Crippen LogP contribution in [0.2, 0.25) is 0 Å². The molecule has 24 heavy (non-hydrogen) atoms. The fourth-order valence-electron chi connectivity index (χ4n) is 3.97. The average molecular weight is 348 g/mol. The highest BCUT2D eigenvalue weighted by Crippen LogP contribution is 2.48. The van der Waals surface area contributed by atoms with Crippen molar-refractivity contribution in [1.29, 1.82) is 0 Å². The summed E-state index contributed by atoms with van der Waals surface area (Å²) in [4.78, 5) is 25.8. The first-order valence-corrected chi connectivity index (χ1v) is 9.82. The molecule has 1 saturated carbocycles. The third-order valence-electron chi connectivity index (χ3n) is 5.38. The van der Waals surface area contributed by atoms with Gasteiger partial charge in [-0.1, -0.05) is 18.6 Å². The van der Waals surface area contributed by atoms with Crippen molar-refractivity contribution in [3.8, 4) is 0 Å². The SMILES string of the molecule is CSCCc1ccc(NC(=O)N2C[C@@H]3CCC[C@@]3(C(=O)O)C2)cc1. The summed E-state index contributed by atoms with van der Waals surface area (Å²) in [6.45, 7) is 0.870. The minimum Gasteiger partial charge on any atom is -0.481 e. The van der Waals surface area contributed by atoms with E-state index in [9.17, 15) is 14.7 Å². The van der Waals surface area contributed by atoms with Crippen LogP contribution in [0.1, 0.15) is 24.8 Å². The Morgan fingerprint density at radius 3 is 2.75 bits per heavy atom. The fourth-order valence-corrected chi connectivity index (χ4v) is 4.41. The number of likely N-dealkylation sites (tertiary alicyclic amines) is 1. The van der Waals surface area contributed by atoms with Crippen LogP contribution >= 0.6 is 11.8 Å². The first-order chi connectivity index (χ1) is 11.5. The van der Waals surface area contributed by atoms with Crippen LogP contribution < -0.4 is 5.32 Å². The molecule has 5 nitrogen and oxygen atoms in total. The molecular formula is C18H24N2O3S. The Morgan fingerprint density at radius 2 is 2.12 bits per heavy atom. The molecule has 1 aromatic carbocycles. The molecule has 1 aliphatic heterocycles. The maximum atomic E-state index is 12.5. The van der Waals surface area contributed by atoms with Crippen LogP contribution in [-0.2, 0) is 11.2 Å². The highest BCUT2D eigenvalue weighted by molar-refractivity contribution is 7.98. The number of carboxylic acids is 1. The zero-order valence-electron chi connectivity index (χ0n) is 14.0. The molecule has 0 spiro atoms. The number of anilines is 1. The minimum atomic E-state index is -0.751. The predicted molar refractivity (Wildman–Crippen MR) is 96.5 cm³/mol. The Kier molecular flexibility index (Phi) is 5.04. The van der Waals surface area contributed by atoms with E-state index in [1.807, 2.05) is 36.0 Å². The molecule has 0 unspecified atom stereocenters. The summed E-state index contributed by atoms with van der Waals surface area (Å²) in [7, 11) is 0. The zero-order valence-corrected chi connectivity index (χ0v) is 14.8. The Balaban J connectivity index is 1.61. The fraction of sp³-hybridized carbons (Fsp3) is 0.556. The number of urea groups is 1. The molecule has 1 aliphatic carbocycles. The van der Waals surface area contributed by atoms with E-state index in [1.165, 1.54) is 5.56 Å². The van der Waals surface area contributed by atoms with Crippen molar-refractivity contribution in [1.82, 2.24) is 4.90 Å². The molecule has 2 aliphatic rings. The summed E-state index contributed by atoms with van der Waals surface area (Å²) in [5.74, 6) is 0.422. The lowest BCUT2D eigenvalue weighted by Crippen LogP contribution is -2.38. The second-order valence-corrected chi connectivity index (χ2v) is 7.79. The molecule has 2 amide bonds. The number of carboxylic acid groups (broad SMARTS) is 1.